The standard InChI is InChI=1S/C10H18N2O4S/c13-17(14,11-9-2-3-9)12-5-1-4-10(8-12)15-6-7-16-10/h9,11H,1-8H2. The third-order valence-electron chi connectivity index (χ3n) is 3.43. The number of nitrogens with one attached hydrogen (secondary N) is 1. The Morgan fingerprint density at radius 3 is 2.59 bits per heavy atom. The number of rotatable bonds is 3. The Balaban J connectivity index is 1.70. The van der Waals surface area contributed by atoms with E-state index in [4.69, 9.17) is 9.47 Å². The Labute approximate surface area is 101 Å². The molecule has 2 aliphatic heterocycles. The molecule has 0 amide bonds. The first-order valence-electron chi connectivity index (χ1n) is 6.15. The fraction of sp³-hybridized carbons (Fsp3) is 1.00. The normalized spacial score (nSPS) is 29.9. The summed E-state index contributed by atoms with van der Waals surface area (Å²) in [5.74, 6) is -0.684. The first kappa shape index (κ1) is 11.9. The molecule has 1 N–H and O–H groups in total. The number of hydrogen-bond acceptors (Lipinski definition) is 4. The molecule has 3 rings (SSSR count). The highest BCUT2D eigenvalue weighted by Crippen LogP contribution is 2.31. The van der Waals surface area contributed by atoms with Gasteiger partial charge in [0, 0.05) is 19.0 Å². The van der Waals surface area contributed by atoms with Gasteiger partial charge in [-0.15, -0.1) is 0 Å². The van der Waals surface area contributed by atoms with Gasteiger partial charge in [-0.25, -0.2) is 0 Å². The van der Waals surface area contributed by atoms with E-state index in [2.05, 4.69) is 4.72 Å². The highest BCUT2D eigenvalue weighted by Gasteiger charge is 2.44. The Morgan fingerprint density at radius 2 is 1.94 bits per heavy atom. The lowest BCUT2D eigenvalue weighted by Gasteiger charge is -2.37. The first-order chi connectivity index (χ1) is 8.10. The lowest BCUT2D eigenvalue weighted by molar-refractivity contribution is -0.179. The molecule has 17 heavy (non-hydrogen) atoms. The third kappa shape index (κ3) is 2.48. The summed E-state index contributed by atoms with van der Waals surface area (Å²) >= 11 is 0. The summed E-state index contributed by atoms with van der Waals surface area (Å²) in [6.07, 6.45) is 3.46. The second kappa shape index (κ2) is 4.17. The Hall–Kier alpha value is -0.210. The van der Waals surface area contributed by atoms with Crippen molar-refractivity contribution < 1.29 is 17.9 Å². The van der Waals surface area contributed by atoms with Crippen LogP contribution in [0, 0.1) is 0 Å². The molecule has 0 aromatic rings. The van der Waals surface area contributed by atoms with Crippen LogP contribution < -0.4 is 4.72 Å². The summed E-state index contributed by atoms with van der Waals surface area (Å²) in [6, 6.07) is 0.142. The smallest absolute Gasteiger partial charge is 0.279 e. The van der Waals surface area contributed by atoms with E-state index in [1.807, 2.05) is 0 Å². The molecule has 1 spiro atoms. The van der Waals surface area contributed by atoms with Gasteiger partial charge in [-0.1, -0.05) is 0 Å². The molecule has 0 bridgehead atoms. The zero-order chi connectivity index (χ0) is 11.9. The van der Waals surface area contributed by atoms with Crippen LogP contribution in [0.1, 0.15) is 25.7 Å². The van der Waals surface area contributed by atoms with Crippen molar-refractivity contribution in [1.29, 1.82) is 0 Å². The second-order valence-electron chi connectivity index (χ2n) is 4.94. The maximum Gasteiger partial charge on any atom is 0.279 e. The molecular weight excluding hydrogens is 244 g/mol. The molecule has 1 saturated carbocycles. The number of nitrogens with zero attached hydrogens (tertiary/aromatic N) is 1. The van der Waals surface area contributed by atoms with E-state index in [0.29, 0.717) is 26.3 Å². The average molecular weight is 262 g/mol. The van der Waals surface area contributed by atoms with Crippen LogP contribution in [0.5, 0.6) is 0 Å². The van der Waals surface area contributed by atoms with Gasteiger partial charge in [-0.3, -0.25) is 0 Å². The Morgan fingerprint density at radius 1 is 1.24 bits per heavy atom. The van der Waals surface area contributed by atoms with Crippen molar-refractivity contribution >= 4 is 10.2 Å². The molecule has 6 nitrogen and oxygen atoms in total. The van der Waals surface area contributed by atoms with Crippen LogP contribution in [-0.2, 0) is 19.7 Å². The van der Waals surface area contributed by atoms with Gasteiger partial charge in [0.25, 0.3) is 10.2 Å². The average Bonchev–Trinajstić information content (AvgIpc) is 2.98. The lowest BCUT2D eigenvalue weighted by atomic mass is 10.1. The van der Waals surface area contributed by atoms with E-state index < -0.39 is 16.0 Å². The number of hydrogen-bond donors (Lipinski definition) is 1. The predicted octanol–water partition coefficient (Wildman–Crippen LogP) is -0.178. The van der Waals surface area contributed by atoms with Crippen molar-refractivity contribution in [3.05, 3.63) is 0 Å². The van der Waals surface area contributed by atoms with Gasteiger partial charge in [0.2, 0.25) is 0 Å². The van der Waals surface area contributed by atoms with Crippen molar-refractivity contribution in [2.45, 2.75) is 37.5 Å². The van der Waals surface area contributed by atoms with Crippen molar-refractivity contribution in [3.63, 3.8) is 0 Å². The summed E-state index contributed by atoms with van der Waals surface area (Å²) in [6.45, 7) is 1.99. The van der Waals surface area contributed by atoms with Gasteiger partial charge in [0.1, 0.15) is 0 Å². The molecule has 0 unspecified atom stereocenters. The topological polar surface area (TPSA) is 67.9 Å². The molecule has 2 saturated heterocycles. The van der Waals surface area contributed by atoms with Crippen LogP contribution >= 0.6 is 0 Å². The van der Waals surface area contributed by atoms with E-state index in [-0.39, 0.29) is 6.04 Å². The van der Waals surface area contributed by atoms with Gasteiger partial charge in [0.15, 0.2) is 5.79 Å². The molecule has 0 atom stereocenters. The van der Waals surface area contributed by atoms with Gasteiger partial charge < -0.3 is 9.47 Å². The summed E-state index contributed by atoms with van der Waals surface area (Å²) in [5.41, 5.74) is 0. The quantitative estimate of drug-likeness (QED) is 0.766. The molecule has 3 aliphatic rings. The largest absolute Gasteiger partial charge is 0.346 e. The molecule has 1 aliphatic carbocycles. The van der Waals surface area contributed by atoms with Gasteiger partial charge in [0.05, 0.1) is 19.8 Å². The number of ether oxygens (including phenoxy) is 2. The molecule has 3 fully saturated rings. The van der Waals surface area contributed by atoms with Crippen LogP contribution in [-0.4, -0.2) is 50.9 Å². The van der Waals surface area contributed by atoms with E-state index in [1.165, 1.54) is 4.31 Å². The zero-order valence-electron chi connectivity index (χ0n) is 9.72. The van der Waals surface area contributed by atoms with E-state index in [0.717, 1.165) is 25.7 Å². The van der Waals surface area contributed by atoms with Crippen molar-refractivity contribution in [1.82, 2.24) is 9.03 Å². The van der Waals surface area contributed by atoms with Crippen molar-refractivity contribution in [2.24, 2.45) is 0 Å². The summed E-state index contributed by atoms with van der Waals surface area (Å²) in [5, 5.41) is 0. The minimum absolute atomic E-state index is 0.142. The highest BCUT2D eigenvalue weighted by atomic mass is 32.2. The van der Waals surface area contributed by atoms with Crippen LogP contribution in [0.2, 0.25) is 0 Å². The molecule has 7 heteroatoms. The molecule has 0 aromatic carbocycles. The van der Waals surface area contributed by atoms with Gasteiger partial charge >= 0.3 is 0 Å². The summed E-state index contributed by atoms with van der Waals surface area (Å²) in [7, 11) is -3.36. The second-order valence-corrected chi connectivity index (χ2v) is 6.64. The lowest BCUT2D eigenvalue weighted by Crippen LogP contribution is -2.54. The first-order valence-corrected chi connectivity index (χ1v) is 7.59. The van der Waals surface area contributed by atoms with Gasteiger partial charge in [-0.05, 0) is 19.3 Å². The third-order valence-corrected chi connectivity index (χ3v) is 5.05. The van der Waals surface area contributed by atoms with Crippen molar-refractivity contribution in [2.75, 3.05) is 26.3 Å². The maximum atomic E-state index is 12.1. The minimum Gasteiger partial charge on any atom is -0.346 e. The van der Waals surface area contributed by atoms with E-state index in [1.54, 1.807) is 0 Å². The summed E-state index contributed by atoms with van der Waals surface area (Å²) in [4.78, 5) is 0. The maximum absolute atomic E-state index is 12.1. The molecule has 98 valence electrons. The van der Waals surface area contributed by atoms with E-state index >= 15 is 0 Å². The zero-order valence-corrected chi connectivity index (χ0v) is 10.5. The highest BCUT2D eigenvalue weighted by molar-refractivity contribution is 7.87. The minimum atomic E-state index is -3.36. The van der Waals surface area contributed by atoms with Crippen LogP contribution in [0.4, 0.5) is 0 Å². The van der Waals surface area contributed by atoms with E-state index in [9.17, 15) is 8.42 Å². The van der Waals surface area contributed by atoms with Crippen LogP contribution in [0.25, 0.3) is 0 Å². The number of piperidine rings is 1. The molecule has 0 radical (unpaired) electrons. The van der Waals surface area contributed by atoms with Crippen LogP contribution in [0.3, 0.4) is 0 Å². The van der Waals surface area contributed by atoms with Crippen LogP contribution in [0.15, 0.2) is 0 Å². The Kier molecular flexibility index (Phi) is 2.91. The molecular formula is C10H18N2O4S. The van der Waals surface area contributed by atoms with Crippen molar-refractivity contribution in [3.8, 4) is 0 Å². The predicted molar refractivity (Wildman–Crippen MR) is 60.5 cm³/mol. The Bertz CT molecular complexity index is 387. The SMILES string of the molecule is O=S(=O)(NC1CC1)N1CCCC2(C1)OCCO2. The fourth-order valence-corrected chi connectivity index (χ4v) is 3.92. The summed E-state index contributed by atoms with van der Waals surface area (Å²) < 4.78 is 39.5. The molecule has 2 heterocycles. The monoisotopic (exact) mass is 262 g/mol. The fourth-order valence-electron chi connectivity index (χ4n) is 2.38. The molecule has 0 aromatic heterocycles. The van der Waals surface area contributed by atoms with Gasteiger partial charge in [-0.2, -0.15) is 17.4 Å².